The Morgan fingerprint density at radius 3 is 3.00 bits per heavy atom. The highest BCUT2D eigenvalue weighted by atomic mass is 79.9. The van der Waals surface area contributed by atoms with Crippen molar-refractivity contribution < 1.29 is 0 Å². The molecule has 1 aromatic heterocycles. The summed E-state index contributed by atoms with van der Waals surface area (Å²) in [5.74, 6) is 2.87. The molecular formula is C14H23BrN4S. The van der Waals surface area contributed by atoms with Crippen molar-refractivity contribution in [1.82, 2.24) is 9.97 Å². The van der Waals surface area contributed by atoms with Crippen LogP contribution in [0.1, 0.15) is 33.6 Å². The van der Waals surface area contributed by atoms with Gasteiger partial charge < -0.3 is 10.2 Å². The molecule has 0 radical (unpaired) electrons. The molecule has 1 aliphatic rings. The first-order valence-electron chi connectivity index (χ1n) is 7.17. The molecule has 1 fully saturated rings. The monoisotopic (exact) mass is 358 g/mol. The smallest absolute Gasteiger partial charge is 0.224 e. The van der Waals surface area contributed by atoms with E-state index in [9.17, 15) is 0 Å². The van der Waals surface area contributed by atoms with Crippen LogP contribution >= 0.6 is 27.7 Å². The van der Waals surface area contributed by atoms with Crippen molar-refractivity contribution in [3.63, 3.8) is 0 Å². The van der Waals surface area contributed by atoms with E-state index in [1.54, 1.807) is 0 Å². The third-order valence-electron chi connectivity index (χ3n) is 3.40. The quantitative estimate of drug-likeness (QED) is 0.886. The summed E-state index contributed by atoms with van der Waals surface area (Å²) >= 11 is 5.63. The van der Waals surface area contributed by atoms with Crippen molar-refractivity contribution in [3.05, 3.63) is 10.7 Å². The van der Waals surface area contributed by atoms with Gasteiger partial charge in [-0.3, -0.25) is 0 Å². The molecule has 0 spiro atoms. The minimum atomic E-state index is 0.359. The lowest BCUT2D eigenvalue weighted by molar-refractivity contribution is 0.634. The topological polar surface area (TPSA) is 41.1 Å². The fourth-order valence-corrected chi connectivity index (χ4v) is 3.68. The van der Waals surface area contributed by atoms with E-state index in [0.717, 1.165) is 48.0 Å². The van der Waals surface area contributed by atoms with Gasteiger partial charge in [0.2, 0.25) is 5.95 Å². The van der Waals surface area contributed by atoms with Gasteiger partial charge in [0.1, 0.15) is 5.82 Å². The summed E-state index contributed by atoms with van der Waals surface area (Å²) in [6, 6.07) is 0. The molecule has 1 aromatic rings. The van der Waals surface area contributed by atoms with E-state index < -0.39 is 0 Å². The zero-order valence-electron chi connectivity index (χ0n) is 12.4. The number of aromatic nitrogens is 2. The van der Waals surface area contributed by atoms with Crippen molar-refractivity contribution in [2.45, 2.75) is 38.4 Å². The van der Waals surface area contributed by atoms with Gasteiger partial charge in [-0.2, -0.15) is 16.7 Å². The van der Waals surface area contributed by atoms with Gasteiger partial charge >= 0.3 is 0 Å². The predicted molar refractivity (Wildman–Crippen MR) is 91.9 cm³/mol. The molecule has 2 heterocycles. The van der Waals surface area contributed by atoms with Crippen LogP contribution in [0.25, 0.3) is 0 Å². The lowest BCUT2D eigenvalue weighted by Gasteiger charge is -2.24. The highest BCUT2D eigenvalue weighted by molar-refractivity contribution is 9.10. The maximum absolute atomic E-state index is 4.67. The molecule has 2 rings (SSSR count). The van der Waals surface area contributed by atoms with Crippen molar-refractivity contribution in [2.75, 3.05) is 35.6 Å². The van der Waals surface area contributed by atoms with Crippen LogP contribution in [0.4, 0.5) is 11.8 Å². The van der Waals surface area contributed by atoms with Crippen LogP contribution in [0.5, 0.6) is 0 Å². The van der Waals surface area contributed by atoms with Crippen LogP contribution in [-0.2, 0) is 0 Å². The molecule has 0 saturated carbocycles. The average molecular weight is 359 g/mol. The largest absolute Gasteiger partial charge is 0.355 e. The van der Waals surface area contributed by atoms with Crippen LogP contribution in [0.3, 0.4) is 0 Å². The second-order valence-electron chi connectivity index (χ2n) is 5.64. The molecule has 0 aliphatic carbocycles. The zero-order chi connectivity index (χ0) is 14.6. The molecule has 0 atom stereocenters. The Balaban J connectivity index is 2.14. The van der Waals surface area contributed by atoms with E-state index in [-0.39, 0.29) is 0 Å². The summed E-state index contributed by atoms with van der Waals surface area (Å²) < 4.78 is 1.33. The molecule has 4 nitrogen and oxygen atoms in total. The highest BCUT2D eigenvalue weighted by Gasteiger charge is 2.25. The minimum Gasteiger partial charge on any atom is -0.355 e. The van der Waals surface area contributed by atoms with Gasteiger partial charge in [-0.05, 0) is 28.8 Å². The van der Waals surface area contributed by atoms with Gasteiger partial charge in [0.25, 0.3) is 0 Å². The van der Waals surface area contributed by atoms with E-state index >= 15 is 0 Å². The Morgan fingerprint density at radius 2 is 2.25 bits per heavy atom. The van der Waals surface area contributed by atoms with Gasteiger partial charge in [-0.25, -0.2) is 4.98 Å². The predicted octanol–water partition coefficient (Wildman–Crippen LogP) is 3.78. The Morgan fingerprint density at radius 1 is 1.45 bits per heavy atom. The van der Waals surface area contributed by atoms with Crippen LogP contribution in [0.2, 0.25) is 0 Å². The second kappa shape index (κ2) is 6.98. The Bertz CT molecular complexity index is 453. The Labute approximate surface area is 134 Å². The molecule has 20 heavy (non-hydrogen) atoms. The van der Waals surface area contributed by atoms with Crippen LogP contribution in [0.15, 0.2) is 10.7 Å². The number of hydrogen-bond donors (Lipinski definition) is 1. The van der Waals surface area contributed by atoms with E-state index in [4.69, 9.17) is 0 Å². The first-order chi connectivity index (χ1) is 9.52. The molecule has 1 N–H and O–H groups in total. The minimum absolute atomic E-state index is 0.359. The number of rotatable bonds is 4. The van der Waals surface area contributed by atoms with Crippen LogP contribution in [-0.4, -0.2) is 40.1 Å². The van der Waals surface area contributed by atoms with E-state index in [1.165, 1.54) is 6.42 Å². The maximum Gasteiger partial charge on any atom is 0.224 e. The number of nitrogens with one attached hydrogen (secondary N) is 1. The lowest BCUT2D eigenvalue weighted by Crippen LogP contribution is -2.28. The lowest BCUT2D eigenvalue weighted by atomic mass is 10.1. The zero-order valence-corrected chi connectivity index (χ0v) is 14.9. The molecule has 0 amide bonds. The first kappa shape index (κ1) is 15.9. The standard InChI is InChI=1S/C14H23BrN4S/c1-4-6-16-13-17-10-11(15)12(18-13)19-7-5-14(2,3)20-9-8-19/h10H,4-9H2,1-3H3,(H,16,17,18). The van der Waals surface area contributed by atoms with Crippen LogP contribution in [0, 0.1) is 0 Å². The number of halogens is 1. The number of hydrogen-bond acceptors (Lipinski definition) is 5. The second-order valence-corrected chi connectivity index (χ2v) is 8.29. The maximum atomic E-state index is 4.67. The fraction of sp³-hybridized carbons (Fsp3) is 0.714. The van der Waals surface area contributed by atoms with Crippen LogP contribution < -0.4 is 10.2 Å². The fourth-order valence-electron chi connectivity index (χ4n) is 2.13. The summed E-state index contributed by atoms with van der Waals surface area (Å²) in [7, 11) is 0. The molecule has 1 aliphatic heterocycles. The summed E-state index contributed by atoms with van der Waals surface area (Å²) in [5, 5.41) is 3.26. The Hall–Kier alpha value is -0.490. The average Bonchev–Trinajstić information content (AvgIpc) is 2.59. The van der Waals surface area contributed by atoms with Crippen molar-refractivity contribution in [2.24, 2.45) is 0 Å². The van der Waals surface area contributed by atoms with E-state index in [1.807, 2.05) is 18.0 Å². The molecule has 0 aromatic carbocycles. The van der Waals surface area contributed by atoms with Crippen molar-refractivity contribution in [3.8, 4) is 0 Å². The summed E-state index contributed by atoms with van der Waals surface area (Å²) in [6.45, 7) is 9.78. The number of thioether (sulfide) groups is 1. The number of nitrogens with zero attached hydrogens (tertiary/aromatic N) is 3. The van der Waals surface area contributed by atoms with Gasteiger partial charge in [0.05, 0.1) is 4.47 Å². The van der Waals surface area contributed by atoms with Gasteiger partial charge in [0, 0.05) is 36.3 Å². The molecule has 6 heteroatoms. The first-order valence-corrected chi connectivity index (χ1v) is 8.95. The summed E-state index contributed by atoms with van der Waals surface area (Å²) in [6.07, 6.45) is 4.10. The summed E-state index contributed by atoms with van der Waals surface area (Å²) in [5.41, 5.74) is 0. The van der Waals surface area contributed by atoms with Crippen molar-refractivity contribution in [1.29, 1.82) is 0 Å². The van der Waals surface area contributed by atoms with E-state index in [0.29, 0.717) is 4.75 Å². The van der Waals surface area contributed by atoms with Crippen molar-refractivity contribution >= 4 is 39.5 Å². The third kappa shape index (κ3) is 4.25. The highest BCUT2D eigenvalue weighted by Crippen LogP contribution is 2.33. The van der Waals surface area contributed by atoms with Gasteiger partial charge in [-0.15, -0.1) is 0 Å². The molecule has 1 saturated heterocycles. The molecular weight excluding hydrogens is 336 g/mol. The summed E-state index contributed by atoms with van der Waals surface area (Å²) in [4.78, 5) is 11.4. The van der Waals surface area contributed by atoms with Gasteiger partial charge in [-0.1, -0.05) is 20.8 Å². The van der Waals surface area contributed by atoms with Gasteiger partial charge in [0.15, 0.2) is 0 Å². The SMILES string of the molecule is CCCNc1ncc(Br)c(N2CCSC(C)(C)CC2)n1. The number of anilines is 2. The Kier molecular flexibility index (Phi) is 5.55. The molecule has 112 valence electrons. The molecule has 0 bridgehead atoms. The molecule has 0 unspecified atom stereocenters. The normalized spacial score (nSPS) is 18.7. The third-order valence-corrected chi connectivity index (χ3v) is 5.33. The van der Waals surface area contributed by atoms with E-state index in [2.05, 4.69) is 56.9 Å².